The fraction of sp³-hybridized carbons (Fsp3) is 0.222. The van der Waals surface area contributed by atoms with Gasteiger partial charge in [-0.1, -0.05) is 0 Å². The Labute approximate surface area is 138 Å². The SMILES string of the molecule is O=C(O)c1ccc(OCC2CC(=O)N(c3ccc(F)cc3)C2)cc1. The first-order chi connectivity index (χ1) is 11.5. The number of benzene rings is 2. The first kappa shape index (κ1) is 16.0. The number of halogens is 1. The molecule has 2 aromatic rings. The Morgan fingerprint density at radius 1 is 1.17 bits per heavy atom. The van der Waals surface area contributed by atoms with Crippen LogP contribution in [-0.4, -0.2) is 30.1 Å². The Bertz CT molecular complexity index is 743. The number of ether oxygens (including phenoxy) is 1. The summed E-state index contributed by atoms with van der Waals surface area (Å²) in [4.78, 5) is 24.5. The average Bonchev–Trinajstić information content (AvgIpc) is 2.95. The highest BCUT2D eigenvalue weighted by atomic mass is 19.1. The summed E-state index contributed by atoms with van der Waals surface area (Å²) in [6.07, 6.45) is 0.366. The number of aromatic carboxylic acids is 1. The molecule has 1 atom stereocenters. The number of hydrogen-bond donors (Lipinski definition) is 1. The van der Waals surface area contributed by atoms with Crippen LogP contribution in [-0.2, 0) is 4.79 Å². The van der Waals surface area contributed by atoms with E-state index in [2.05, 4.69) is 0 Å². The van der Waals surface area contributed by atoms with E-state index in [1.165, 1.54) is 24.3 Å². The first-order valence-corrected chi connectivity index (χ1v) is 7.55. The molecule has 1 N–H and O–H groups in total. The molecule has 24 heavy (non-hydrogen) atoms. The number of carbonyl (C=O) groups excluding carboxylic acids is 1. The number of rotatable bonds is 5. The van der Waals surface area contributed by atoms with Crippen molar-refractivity contribution < 1.29 is 23.8 Å². The van der Waals surface area contributed by atoms with Crippen molar-refractivity contribution in [2.24, 2.45) is 5.92 Å². The Morgan fingerprint density at radius 2 is 1.83 bits per heavy atom. The number of hydrogen-bond acceptors (Lipinski definition) is 3. The van der Waals surface area contributed by atoms with Crippen LogP contribution in [0, 0.1) is 11.7 Å². The lowest BCUT2D eigenvalue weighted by Gasteiger charge is -2.17. The largest absolute Gasteiger partial charge is 0.493 e. The second-order valence-electron chi connectivity index (χ2n) is 5.69. The molecule has 2 aromatic carbocycles. The smallest absolute Gasteiger partial charge is 0.335 e. The summed E-state index contributed by atoms with van der Waals surface area (Å²) in [5.41, 5.74) is 0.871. The van der Waals surface area contributed by atoms with Crippen LogP contribution in [0.1, 0.15) is 16.8 Å². The molecule has 1 unspecified atom stereocenters. The van der Waals surface area contributed by atoms with E-state index >= 15 is 0 Å². The van der Waals surface area contributed by atoms with Gasteiger partial charge in [0, 0.05) is 24.6 Å². The summed E-state index contributed by atoms with van der Waals surface area (Å²) in [6.45, 7) is 0.869. The quantitative estimate of drug-likeness (QED) is 0.916. The number of carboxylic acid groups (broad SMARTS) is 1. The molecule has 1 saturated heterocycles. The molecule has 0 aliphatic carbocycles. The predicted molar refractivity (Wildman–Crippen MR) is 85.8 cm³/mol. The van der Waals surface area contributed by atoms with Crippen LogP contribution in [0.5, 0.6) is 5.75 Å². The van der Waals surface area contributed by atoms with Gasteiger partial charge in [0.25, 0.3) is 0 Å². The van der Waals surface area contributed by atoms with E-state index in [1.54, 1.807) is 29.2 Å². The molecule has 0 spiro atoms. The van der Waals surface area contributed by atoms with E-state index in [-0.39, 0.29) is 23.2 Å². The number of carboxylic acids is 1. The molecular weight excluding hydrogens is 313 g/mol. The van der Waals surface area contributed by atoms with Crippen molar-refractivity contribution in [3.63, 3.8) is 0 Å². The van der Waals surface area contributed by atoms with Crippen molar-refractivity contribution >= 4 is 17.6 Å². The monoisotopic (exact) mass is 329 g/mol. The Morgan fingerprint density at radius 3 is 2.46 bits per heavy atom. The highest BCUT2D eigenvalue weighted by Gasteiger charge is 2.31. The number of amides is 1. The average molecular weight is 329 g/mol. The molecule has 124 valence electrons. The zero-order valence-electron chi connectivity index (χ0n) is 12.8. The molecule has 1 aliphatic heterocycles. The summed E-state index contributed by atoms with van der Waals surface area (Å²) in [5.74, 6) is -0.751. The molecular formula is C18H16FNO4. The van der Waals surface area contributed by atoms with E-state index in [1.807, 2.05) is 0 Å². The molecule has 0 bridgehead atoms. The van der Waals surface area contributed by atoms with Crippen LogP contribution in [0.2, 0.25) is 0 Å². The van der Waals surface area contributed by atoms with Crippen molar-refractivity contribution in [2.75, 3.05) is 18.1 Å². The first-order valence-electron chi connectivity index (χ1n) is 7.55. The van der Waals surface area contributed by atoms with Gasteiger partial charge in [-0.15, -0.1) is 0 Å². The van der Waals surface area contributed by atoms with Gasteiger partial charge in [-0.25, -0.2) is 9.18 Å². The Kier molecular flexibility index (Phi) is 4.46. The van der Waals surface area contributed by atoms with Crippen molar-refractivity contribution in [3.05, 3.63) is 59.9 Å². The zero-order chi connectivity index (χ0) is 17.1. The van der Waals surface area contributed by atoms with Gasteiger partial charge < -0.3 is 14.7 Å². The Balaban J connectivity index is 1.58. The van der Waals surface area contributed by atoms with E-state index in [0.717, 1.165) is 0 Å². The number of carbonyl (C=O) groups is 2. The van der Waals surface area contributed by atoms with Crippen LogP contribution in [0.3, 0.4) is 0 Å². The fourth-order valence-corrected chi connectivity index (χ4v) is 2.67. The van der Waals surface area contributed by atoms with Crippen molar-refractivity contribution in [1.29, 1.82) is 0 Å². The Hall–Kier alpha value is -2.89. The lowest BCUT2D eigenvalue weighted by molar-refractivity contribution is -0.117. The molecule has 1 aliphatic rings. The lowest BCUT2D eigenvalue weighted by Crippen LogP contribution is -2.25. The van der Waals surface area contributed by atoms with Gasteiger partial charge >= 0.3 is 5.97 Å². The van der Waals surface area contributed by atoms with Crippen LogP contribution >= 0.6 is 0 Å². The van der Waals surface area contributed by atoms with Crippen LogP contribution < -0.4 is 9.64 Å². The zero-order valence-corrected chi connectivity index (χ0v) is 12.8. The van der Waals surface area contributed by atoms with Gasteiger partial charge in [-0.3, -0.25) is 4.79 Å². The molecule has 1 heterocycles. The molecule has 1 fully saturated rings. The number of nitrogens with zero attached hydrogens (tertiary/aromatic N) is 1. The van der Waals surface area contributed by atoms with E-state index in [4.69, 9.17) is 9.84 Å². The molecule has 6 heteroatoms. The minimum absolute atomic E-state index is 0.0172. The van der Waals surface area contributed by atoms with Crippen LogP contribution in [0.25, 0.3) is 0 Å². The minimum atomic E-state index is -0.988. The lowest BCUT2D eigenvalue weighted by atomic mass is 10.1. The van der Waals surface area contributed by atoms with Gasteiger partial charge in [-0.05, 0) is 48.5 Å². The summed E-state index contributed by atoms with van der Waals surface area (Å²) < 4.78 is 18.6. The molecule has 0 aromatic heterocycles. The molecule has 3 rings (SSSR count). The van der Waals surface area contributed by atoms with Gasteiger partial charge in [0.15, 0.2) is 0 Å². The highest BCUT2D eigenvalue weighted by molar-refractivity contribution is 5.95. The van der Waals surface area contributed by atoms with Crippen molar-refractivity contribution in [3.8, 4) is 5.75 Å². The van der Waals surface area contributed by atoms with Crippen molar-refractivity contribution in [1.82, 2.24) is 0 Å². The maximum atomic E-state index is 13.0. The third kappa shape index (κ3) is 3.53. The van der Waals surface area contributed by atoms with Crippen LogP contribution in [0.15, 0.2) is 48.5 Å². The summed E-state index contributed by atoms with van der Waals surface area (Å²) in [7, 11) is 0. The normalized spacial score (nSPS) is 17.1. The van der Waals surface area contributed by atoms with Gasteiger partial charge in [0.1, 0.15) is 11.6 Å². The summed E-state index contributed by atoms with van der Waals surface area (Å²) >= 11 is 0. The van der Waals surface area contributed by atoms with Crippen LogP contribution in [0.4, 0.5) is 10.1 Å². The van der Waals surface area contributed by atoms with E-state index in [0.29, 0.717) is 31.0 Å². The topological polar surface area (TPSA) is 66.8 Å². The molecule has 0 radical (unpaired) electrons. The summed E-state index contributed by atoms with van der Waals surface area (Å²) in [5, 5.41) is 8.85. The van der Waals surface area contributed by atoms with Gasteiger partial charge in [-0.2, -0.15) is 0 Å². The van der Waals surface area contributed by atoms with Crippen molar-refractivity contribution in [2.45, 2.75) is 6.42 Å². The molecule has 0 saturated carbocycles. The second-order valence-corrected chi connectivity index (χ2v) is 5.69. The maximum Gasteiger partial charge on any atom is 0.335 e. The second kappa shape index (κ2) is 6.70. The van der Waals surface area contributed by atoms with E-state index in [9.17, 15) is 14.0 Å². The summed E-state index contributed by atoms with van der Waals surface area (Å²) in [6, 6.07) is 12.0. The third-order valence-electron chi connectivity index (χ3n) is 3.93. The fourth-order valence-electron chi connectivity index (χ4n) is 2.67. The standard InChI is InChI=1S/C18H16FNO4/c19-14-3-5-15(6-4-14)20-10-12(9-17(20)21)11-24-16-7-1-13(2-8-16)18(22)23/h1-8,12H,9-11H2,(H,22,23). The van der Waals surface area contributed by atoms with Gasteiger partial charge in [0.05, 0.1) is 12.2 Å². The maximum absolute atomic E-state index is 13.0. The molecule has 5 nitrogen and oxygen atoms in total. The molecule has 1 amide bonds. The minimum Gasteiger partial charge on any atom is -0.493 e. The van der Waals surface area contributed by atoms with E-state index < -0.39 is 5.97 Å². The number of anilines is 1. The predicted octanol–water partition coefficient (Wildman–Crippen LogP) is 2.96. The third-order valence-corrected chi connectivity index (χ3v) is 3.93. The highest BCUT2D eigenvalue weighted by Crippen LogP contribution is 2.26. The van der Waals surface area contributed by atoms with Gasteiger partial charge in [0.2, 0.25) is 5.91 Å².